The Hall–Kier alpha value is -2.21. The highest BCUT2D eigenvalue weighted by molar-refractivity contribution is 5.66. The highest BCUT2D eigenvalue weighted by Crippen LogP contribution is 2.27. The van der Waals surface area contributed by atoms with Gasteiger partial charge in [-0.3, -0.25) is 9.58 Å². The third-order valence-corrected chi connectivity index (χ3v) is 3.54. The average molecular weight is 287 g/mol. The molecule has 0 atom stereocenters. The topological polar surface area (TPSA) is 77.0 Å². The lowest BCUT2D eigenvalue weighted by Crippen LogP contribution is -2.33. The molecule has 0 radical (unpaired) electrons. The number of aryl methyl sites for hydroxylation is 2. The normalized spacial score (nSPS) is 10.7. The molecule has 0 aliphatic heterocycles. The molecule has 21 heavy (non-hydrogen) atoms. The predicted octanol–water partition coefficient (Wildman–Crippen LogP) is 1.28. The molecule has 0 fully saturated rings. The first-order chi connectivity index (χ1) is 9.99. The minimum Gasteiger partial charge on any atom is -0.282 e. The van der Waals surface area contributed by atoms with Gasteiger partial charge < -0.3 is 0 Å². The summed E-state index contributed by atoms with van der Waals surface area (Å²) in [4.78, 5) is 20.4. The van der Waals surface area contributed by atoms with Crippen molar-refractivity contribution in [3.05, 3.63) is 39.8 Å². The molecule has 1 aromatic carbocycles. The monoisotopic (exact) mass is 287 g/mol. The van der Waals surface area contributed by atoms with E-state index in [2.05, 4.69) is 35.9 Å². The zero-order chi connectivity index (χ0) is 15.6. The molecular formula is C15H21N5O. The van der Waals surface area contributed by atoms with Gasteiger partial charge in [0.1, 0.15) is 5.82 Å². The summed E-state index contributed by atoms with van der Waals surface area (Å²) in [6.07, 6.45) is 1.74. The van der Waals surface area contributed by atoms with Crippen LogP contribution in [0.3, 0.4) is 0 Å². The van der Waals surface area contributed by atoms with Crippen molar-refractivity contribution in [1.82, 2.24) is 14.5 Å². The molecular weight excluding hydrogens is 266 g/mol. The standard InChI is InChI=1S/C15H21N5O/c1-5-10-8-7-9-11(6-2)12(10)13-17-14(20(4)16)18-15(21)19(13)3/h7-9H,5-6,16H2,1-4H3. The fraction of sp³-hybridized carbons (Fsp3) is 0.400. The van der Waals surface area contributed by atoms with E-state index in [1.165, 1.54) is 9.58 Å². The first-order valence-electron chi connectivity index (χ1n) is 7.04. The minimum absolute atomic E-state index is 0.223. The van der Waals surface area contributed by atoms with E-state index >= 15 is 0 Å². The number of hydrogen-bond acceptors (Lipinski definition) is 5. The largest absolute Gasteiger partial charge is 0.352 e. The van der Waals surface area contributed by atoms with Gasteiger partial charge in [-0.1, -0.05) is 32.0 Å². The summed E-state index contributed by atoms with van der Waals surface area (Å²) in [5.74, 6) is 6.51. The molecule has 2 N–H and O–H groups in total. The molecule has 0 aliphatic carbocycles. The number of rotatable bonds is 4. The molecule has 6 heteroatoms. The second-order valence-electron chi connectivity index (χ2n) is 4.96. The van der Waals surface area contributed by atoms with Crippen LogP contribution in [0, 0.1) is 0 Å². The highest BCUT2D eigenvalue weighted by atomic mass is 16.1. The van der Waals surface area contributed by atoms with Gasteiger partial charge in [0, 0.05) is 19.7 Å². The Morgan fingerprint density at radius 1 is 1.19 bits per heavy atom. The number of anilines is 1. The molecule has 1 aromatic heterocycles. The first kappa shape index (κ1) is 15.2. The number of benzene rings is 1. The number of hydrogen-bond donors (Lipinski definition) is 1. The molecule has 112 valence electrons. The first-order valence-corrected chi connectivity index (χ1v) is 7.04. The molecule has 0 aliphatic rings. The van der Waals surface area contributed by atoms with Crippen molar-refractivity contribution >= 4 is 5.95 Å². The Labute approximate surface area is 124 Å². The molecule has 0 saturated carbocycles. The van der Waals surface area contributed by atoms with Crippen LogP contribution in [-0.2, 0) is 19.9 Å². The van der Waals surface area contributed by atoms with E-state index in [0.717, 1.165) is 29.5 Å². The number of nitrogens with zero attached hydrogens (tertiary/aromatic N) is 4. The van der Waals surface area contributed by atoms with E-state index in [1.807, 2.05) is 6.07 Å². The van der Waals surface area contributed by atoms with Gasteiger partial charge in [0.15, 0.2) is 0 Å². The SMILES string of the molecule is CCc1cccc(CC)c1-c1nc(N(C)N)nc(=O)n1C. The van der Waals surface area contributed by atoms with Crippen molar-refractivity contribution in [2.75, 3.05) is 12.1 Å². The van der Waals surface area contributed by atoms with Crippen LogP contribution in [0.4, 0.5) is 5.95 Å². The molecule has 6 nitrogen and oxygen atoms in total. The van der Waals surface area contributed by atoms with Crippen molar-refractivity contribution in [2.45, 2.75) is 26.7 Å². The summed E-state index contributed by atoms with van der Waals surface area (Å²) < 4.78 is 1.47. The summed E-state index contributed by atoms with van der Waals surface area (Å²) in [5, 5.41) is 1.26. The lowest BCUT2D eigenvalue weighted by molar-refractivity contribution is 0.762. The van der Waals surface area contributed by atoms with Crippen LogP contribution >= 0.6 is 0 Å². The summed E-state index contributed by atoms with van der Waals surface area (Å²) >= 11 is 0. The van der Waals surface area contributed by atoms with Crippen LogP contribution in [0.1, 0.15) is 25.0 Å². The van der Waals surface area contributed by atoms with Crippen LogP contribution in [-0.4, -0.2) is 21.6 Å². The Balaban J connectivity index is 2.81. The van der Waals surface area contributed by atoms with Gasteiger partial charge in [-0.2, -0.15) is 9.97 Å². The van der Waals surface area contributed by atoms with Crippen molar-refractivity contribution in [2.24, 2.45) is 12.9 Å². The van der Waals surface area contributed by atoms with Gasteiger partial charge >= 0.3 is 5.69 Å². The van der Waals surface area contributed by atoms with Gasteiger partial charge in [0.05, 0.1) is 0 Å². The van der Waals surface area contributed by atoms with E-state index in [1.54, 1.807) is 14.1 Å². The molecule has 1 heterocycles. The molecule has 2 aromatic rings. The van der Waals surface area contributed by atoms with Crippen molar-refractivity contribution in [3.8, 4) is 11.4 Å². The number of hydrazine groups is 1. The van der Waals surface area contributed by atoms with Crippen LogP contribution < -0.4 is 16.5 Å². The van der Waals surface area contributed by atoms with Gasteiger partial charge in [0.2, 0.25) is 5.95 Å². The fourth-order valence-electron chi connectivity index (χ4n) is 2.36. The van der Waals surface area contributed by atoms with Crippen LogP contribution in [0.15, 0.2) is 23.0 Å². The van der Waals surface area contributed by atoms with Gasteiger partial charge in [-0.25, -0.2) is 10.6 Å². The Morgan fingerprint density at radius 3 is 2.24 bits per heavy atom. The Bertz CT molecular complexity index is 683. The maximum absolute atomic E-state index is 12.1. The number of aromatic nitrogens is 3. The third kappa shape index (κ3) is 2.80. The van der Waals surface area contributed by atoms with Crippen LogP contribution in [0.25, 0.3) is 11.4 Å². The predicted molar refractivity (Wildman–Crippen MR) is 84.1 cm³/mol. The second-order valence-corrected chi connectivity index (χ2v) is 4.96. The zero-order valence-corrected chi connectivity index (χ0v) is 12.9. The van der Waals surface area contributed by atoms with E-state index in [-0.39, 0.29) is 11.6 Å². The zero-order valence-electron chi connectivity index (χ0n) is 12.9. The fourth-order valence-corrected chi connectivity index (χ4v) is 2.36. The third-order valence-electron chi connectivity index (χ3n) is 3.54. The lowest BCUT2D eigenvalue weighted by atomic mass is 9.97. The van der Waals surface area contributed by atoms with Gasteiger partial charge in [0.25, 0.3) is 0 Å². The van der Waals surface area contributed by atoms with Gasteiger partial charge in [-0.15, -0.1) is 0 Å². The molecule has 0 spiro atoms. The minimum atomic E-state index is -0.361. The van der Waals surface area contributed by atoms with Crippen LogP contribution in [0.5, 0.6) is 0 Å². The Kier molecular flexibility index (Phi) is 4.37. The Morgan fingerprint density at radius 2 is 1.76 bits per heavy atom. The maximum atomic E-state index is 12.1. The van der Waals surface area contributed by atoms with Crippen molar-refractivity contribution in [1.29, 1.82) is 0 Å². The summed E-state index contributed by atoms with van der Waals surface area (Å²) in [6, 6.07) is 6.16. The molecule has 0 amide bonds. The average Bonchev–Trinajstić information content (AvgIpc) is 2.48. The highest BCUT2D eigenvalue weighted by Gasteiger charge is 2.16. The van der Waals surface area contributed by atoms with E-state index < -0.39 is 0 Å². The summed E-state index contributed by atoms with van der Waals surface area (Å²) in [5.41, 5.74) is 2.97. The van der Waals surface area contributed by atoms with Gasteiger partial charge in [-0.05, 0) is 24.0 Å². The molecule has 0 unspecified atom stereocenters. The number of nitrogens with two attached hydrogens (primary N) is 1. The summed E-state index contributed by atoms with van der Waals surface area (Å²) in [7, 11) is 3.30. The molecule has 0 bridgehead atoms. The molecule has 0 saturated heterocycles. The van der Waals surface area contributed by atoms with E-state index in [4.69, 9.17) is 5.84 Å². The van der Waals surface area contributed by atoms with E-state index in [0.29, 0.717) is 5.82 Å². The summed E-state index contributed by atoms with van der Waals surface area (Å²) in [6.45, 7) is 4.18. The van der Waals surface area contributed by atoms with Crippen molar-refractivity contribution < 1.29 is 0 Å². The van der Waals surface area contributed by atoms with Crippen molar-refractivity contribution in [3.63, 3.8) is 0 Å². The molecule has 2 rings (SSSR count). The quantitative estimate of drug-likeness (QED) is 0.677. The van der Waals surface area contributed by atoms with Crippen LogP contribution in [0.2, 0.25) is 0 Å². The lowest BCUT2D eigenvalue weighted by Gasteiger charge is -2.17. The smallest absolute Gasteiger partial charge is 0.282 e. The second kappa shape index (κ2) is 6.05. The maximum Gasteiger partial charge on any atom is 0.352 e. The van der Waals surface area contributed by atoms with E-state index in [9.17, 15) is 4.79 Å².